The average molecular weight is 168 g/mol. The largest absolute Gasteiger partial charge is 0.212 e. The number of hydrogen-bond acceptors (Lipinski definition) is 0. The molecule has 2 atom stereocenters. The first-order valence-electron chi connectivity index (χ1n) is 4.40. The van der Waals surface area contributed by atoms with Crippen molar-refractivity contribution in [2.75, 3.05) is 0 Å². The predicted molar refractivity (Wildman–Crippen MR) is 51.3 cm³/mol. The van der Waals surface area contributed by atoms with E-state index in [2.05, 4.69) is 19.8 Å². The van der Waals surface area contributed by atoms with Gasteiger partial charge in [0.05, 0.1) is 5.83 Å². The molecule has 0 spiro atoms. The van der Waals surface area contributed by atoms with Gasteiger partial charge in [-0.1, -0.05) is 26.3 Å². The highest BCUT2D eigenvalue weighted by Crippen LogP contribution is 2.19. The van der Waals surface area contributed by atoms with Crippen LogP contribution >= 0.6 is 0 Å². The van der Waals surface area contributed by atoms with Crippen LogP contribution in [0.5, 0.6) is 0 Å². The molecule has 0 saturated carbocycles. The van der Waals surface area contributed by atoms with E-state index in [1.165, 1.54) is 6.92 Å². The zero-order valence-corrected chi connectivity index (χ0v) is 8.10. The second kappa shape index (κ2) is 5.83. The van der Waals surface area contributed by atoms with Crippen molar-refractivity contribution in [3.63, 3.8) is 0 Å². The van der Waals surface area contributed by atoms with Crippen molar-refractivity contribution in [3.8, 4) is 12.3 Å². The SMILES string of the molecule is C#C[C@@H](C/C=C(\C)F)[C@H](C)CC. The molecule has 0 N–H and O–H groups in total. The smallest absolute Gasteiger partial charge is 0.0929 e. The number of rotatable bonds is 4. The Kier molecular flexibility index (Phi) is 5.45. The molecular weight excluding hydrogens is 151 g/mol. The fourth-order valence-electron chi connectivity index (χ4n) is 1.04. The molecule has 0 saturated heterocycles. The zero-order chi connectivity index (χ0) is 9.56. The van der Waals surface area contributed by atoms with Crippen molar-refractivity contribution in [2.45, 2.75) is 33.6 Å². The van der Waals surface area contributed by atoms with Crippen LogP contribution in [0.3, 0.4) is 0 Å². The first-order valence-corrected chi connectivity index (χ1v) is 4.40. The van der Waals surface area contributed by atoms with Gasteiger partial charge in [0.15, 0.2) is 0 Å². The highest BCUT2D eigenvalue weighted by molar-refractivity contribution is 5.00. The fraction of sp³-hybridized carbons (Fsp3) is 0.636. The second-order valence-corrected chi connectivity index (χ2v) is 3.19. The van der Waals surface area contributed by atoms with Crippen LogP contribution in [0, 0.1) is 24.2 Å². The molecule has 0 aliphatic carbocycles. The number of terminal acetylenes is 1. The first kappa shape index (κ1) is 11.2. The van der Waals surface area contributed by atoms with Crippen LogP contribution in [0.1, 0.15) is 33.6 Å². The van der Waals surface area contributed by atoms with E-state index >= 15 is 0 Å². The molecule has 0 aromatic heterocycles. The number of allylic oxidation sites excluding steroid dienone is 2. The van der Waals surface area contributed by atoms with E-state index in [1.807, 2.05) is 0 Å². The maximum atomic E-state index is 12.4. The molecule has 0 amide bonds. The van der Waals surface area contributed by atoms with E-state index in [0.717, 1.165) is 6.42 Å². The lowest BCUT2D eigenvalue weighted by Gasteiger charge is -2.14. The number of hydrogen-bond donors (Lipinski definition) is 0. The van der Waals surface area contributed by atoms with Crippen LogP contribution in [-0.4, -0.2) is 0 Å². The highest BCUT2D eigenvalue weighted by Gasteiger charge is 2.10. The van der Waals surface area contributed by atoms with Crippen LogP contribution in [0.25, 0.3) is 0 Å². The first-order chi connectivity index (χ1) is 5.61. The standard InChI is InChI=1S/C11H17F/c1-5-9(3)11(6-2)8-7-10(4)12/h2,7,9,11H,5,8H2,1,3-4H3/b10-7+/t9-,11+/m1/s1. The topological polar surface area (TPSA) is 0 Å². The molecule has 0 heterocycles. The van der Waals surface area contributed by atoms with Crippen molar-refractivity contribution in [3.05, 3.63) is 11.9 Å². The third-order valence-corrected chi connectivity index (χ3v) is 2.20. The van der Waals surface area contributed by atoms with Gasteiger partial charge in [0.2, 0.25) is 0 Å². The molecule has 0 aliphatic heterocycles. The van der Waals surface area contributed by atoms with Gasteiger partial charge in [0.1, 0.15) is 0 Å². The lowest BCUT2D eigenvalue weighted by molar-refractivity contribution is 0.429. The maximum Gasteiger partial charge on any atom is 0.0929 e. The van der Waals surface area contributed by atoms with Gasteiger partial charge in [-0.15, -0.1) is 12.3 Å². The summed E-state index contributed by atoms with van der Waals surface area (Å²) in [5, 5.41) is 0. The van der Waals surface area contributed by atoms with E-state index in [4.69, 9.17) is 6.42 Å². The van der Waals surface area contributed by atoms with Crippen molar-refractivity contribution in [2.24, 2.45) is 11.8 Å². The van der Waals surface area contributed by atoms with Gasteiger partial charge in [0.25, 0.3) is 0 Å². The summed E-state index contributed by atoms with van der Waals surface area (Å²) >= 11 is 0. The van der Waals surface area contributed by atoms with Gasteiger partial charge in [0, 0.05) is 5.92 Å². The predicted octanol–water partition coefficient (Wildman–Crippen LogP) is 3.55. The van der Waals surface area contributed by atoms with Crippen molar-refractivity contribution in [1.82, 2.24) is 0 Å². The molecule has 0 unspecified atom stereocenters. The molecule has 12 heavy (non-hydrogen) atoms. The Bertz CT molecular complexity index is 182. The molecule has 68 valence electrons. The van der Waals surface area contributed by atoms with Crippen molar-refractivity contribution < 1.29 is 4.39 Å². The summed E-state index contributed by atoms with van der Waals surface area (Å²) in [6.45, 7) is 5.65. The Morgan fingerprint density at radius 3 is 2.58 bits per heavy atom. The summed E-state index contributed by atoms with van der Waals surface area (Å²) in [5.74, 6) is 3.22. The Morgan fingerprint density at radius 2 is 2.25 bits per heavy atom. The lowest BCUT2D eigenvalue weighted by Crippen LogP contribution is -2.07. The molecule has 0 aromatic carbocycles. The van der Waals surface area contributed by atoms with Crippen LogP contribution in [-0.2, 0) is 0 Å². The van der Waals surface area contributed by atoms with Crippen LogP contribution in [0.15, 0.2) is 11.9 Å². The van der Waals surface area contributed by atoms with Gasteiger partial charge >= 0.3 is 0 Å². The quantitative estimate of drug-likeness (QED) is 0.563. The summed E-state index contributed by atoms with van der Waals surface area (Å²) in [7, 11) is 0. The van der Waals surface area contributed by atoms with E-state index in [1.54, 1.807) is 6.08 Å². The Morgan fingerprint density at radius 1 is 1.67 bits per heavy atom. The Labute approximate surface area is 74.9 Å². The maximum absolute atomic E-state index is 12.4. The fourth-order valence-corrected chi connectivity index (χ4v) is 1.04. The summed E-state index contributed by atoms with van der Waals surface area (Å²) < 4.78 is 12.4. The van der Waals surface area contributed by atoms with E-state index in [0.29, 0.717) is 12.3 Å². The highest BCUT2D eigenvalue weighted by atomic mass is 19.1. The molecule has 0 nitrogen and oxygen atoms in total. The van der Waals surface area contributed by atoms with Gasteiger partial charge in [-0.25, -0.2) is 4.39 Å². The van der Waals surface area contributed by atoms with Crippen molar-refractivity contribution in [1.29, 1.82) is 0 Å². The summed E-state index contributed by atoms with van der Waals surface area (Å²) in [6.07, 6.45) is 8.61. The second-order valence-electron chi connectivity index (χ2n) is 3.19. The summed E-state index contributed by atoms with van der Waals surface area (Å²) in [6, 6.07) is 0. The van der Waals surface area contributed by atoms with Crippen LogP contribution in [0.4, 0.5) is 4.39 Å². The molecule has 0 rings (SSSR count). The molecule has 0 bridgehead atoms. The van der Waals surface area contributed by atoms with Gasteiger partial charge < -0.3 is 0 Å². The van der Waals surface area contributed by atoms with Crippen LogP contribution in [0.2, 0.25) is 0 Å². The molecule has 1 heteroatoms. The Balaban J connectivity index is 4.02. The van der Waals surface area contributed by atoms with Crippen LogP contribution < -0.4 is 0 Å². The molecule has 0 aliphatic rings. The van der Waals surface area contributed by atoms with E-state index in [9.17, 15) is 4.39 Å². The minimum Gasteiger partial charge on any atom is -0.212 e. The Hall–Kier alpha value is -0.770. The minimum atomic E-state index is -0.140. The van der Waals surface area contributed by atoms with E-state index in [-0.39, 0.29) is 11.7 Å². The van der Waals surface area contributed by atoms with Gasteiger partial charge in [-0.2, -0.15) is 0 Å². The molecule has 0 radical (unpaired) electrons. The third kappa shape index (κ3) is 4.18. The molecule has 0 aromatic rings. The number of halogens is 1. The zero-order valence-electron chi connectivity index (χ0n) is 8.10. The molecular formula is C11H17F. The molecule has 0 fully saturated rings. The summed E-state index contributed by atoms with van der Waals surface area (Å²) in [5.41, 5.74) is 0. The summed E-state index contributed by atoms with van der Waals surface area (Å²) in [4.78, 5) is 0. The van der Waals surface area contributed by atoms with Gasteiger partial charge in [-0.05, 0) is 19.3 Å². The monoisotopic (exact) mass is 168 g/mol. The van der Waals surface area contributed by atoms with E-state index < -0.39 is 0 Å². The van der Waals surface area contributed by atoms with Gasteiger partial charge in [-0.3, -0.25) is 0 Å². The normalized spacial score (nSPS) is 16.8. The van der Waals surface area contributed by atoms with Crippen molar-refractivity contribution >= 4 is 0 Å². The minimum absolute atomic E-state index is 0.140. The lowest BCUT2D eigenvalue weighted by atomic mass is 9.90. The third-order valence-electron chi connectivity index (χ3n) is 2.20. The average Bonchev–Trinajstić information content (AvgIpc) is 2.04.